The highest BCUT2D eigenvalue weighted by atomic mass is 35.5. The maximum absolute atomic E-state index is 11.5. The fourth-order valence-electron chi connectivity index (χ4n) is 1.61. The molecule has 1 aliphatic heterocycles. The van der Waals surface area contributed by atoms with Gasteiger partial charge in [-0.3, -0.25) is 0 Å². The Kier molecular flexibility index (Phi) is 4.01. The van der Waals surface area contributed by atoms with Gasteiger partial charge >= 0.3 is 0 Å². The zero-order valence-corrected chi connectivity index (χ0v) is 9.44. The minimum Gasteiger partial charge on any atom is -0.212 e. The number of alkyl halides is 1. The van der Waals surface area contributed by atoms with Crippen molar-refractivity contribution < 1.29 is 8.42 Å². The molecule has 0 aliphatic carbocycles. The third kappa shape index (κ3) is 2.82. The van der Waals surface area contributed by atoms with Crippen molar-refractivity contribution in [2.75, 3.05) is 24.7 Å². The van der Waals surface area contributed by atoms with E-state index in [1.54, 1.807) is 4.31 Å². The average molecular weight is 226 g/mol. The molecule has 1 atom stereocenters. The van der Waals surface area contributed by atoms with Crippen LogP contribution in [0.1, 0.15) is 19.8 Å². The Morgan fingerprint density at radius 1 is 1.54 bits per heavy atom. The lowest BCUT2D eigenvalue weighted by molar-refractivity contribution is 0.454. The lowest BCUT2D eigenvalue weighted by atomic mass is 10.1. The molecule has 78 valence electrons. The van der Waals surface area contributed by atoms with E-state index in [0.717, 1.165) is 12.8 Å². The summed E-state index contributed by atoms with van der Waals surface area (Å²) in [6.45, 7) is 3.47. The molecule has 0 aromatic heterocycles. The maximum atomic E-state index is 11.5. The Balaban J connectivity index is 2.55. The van der Waals surface area contributed by atoms with Crippen molar-refractivity contribution in [3.05, 3.63) is 0 Å². The first-order chi connectivity index (χ1) is 6.10. The second-order valence-corrected chi connectivity index (χ2v) is 5.89. The Labute approximate surface area is 85.1 Å². The molecule has 1 aliphatic rings. The zero-order valence-electron chi connectivity index (χ0n) is 7.87. The van der Waals surface area contributed by atoms with Gasteiger partial charge in [0.1, 0.15) is 0 Å². The molecule has 1 fully saturated rings. The normalized spacial score (nSPS) is 25.2. The quantitative estimate of drug-likeness (QED) is 0.677. The summed E-state index contributed by atoms with van der Waals surface area (Å²) in [5, 5.41) is 0. The lowest BCUT2D eigenvalue weighted by Crippen LogP contribution is -2.31. The Hall–Kier alpha value is 0.200. The first-order valence-electron chi connectivity index (χ1n) is 4.64. The van der Waals surface area contributed by atoms with Gasteiger partial charge in [0.05, 0.1) is 5.75 Å². The first-order valence-corrected chi connectivity index (χ1v) is 6.78. The van der Waals surface area contributed by atoms with Gasteiger partial charge in [-0.15, -0.1) is 11.6 Å². The predicted molar refractivity (Wildman–Crippen MR) is 54.5 cm³/mol. The van der Waals surface area contributed by atoms with Crippen LogP contribution in [0.25, 0.3) is 0 Å². The summed E-state index contributed by atoms with van der Waals surface area (Å²) >= 11 is 5.43. The molecular formula is C8H16ClNO2S. The summed E-state index contributed by atoms with van der Waals surface area (Å²) < 4.78 is 24.6. The summed E-state index contributed by atoms with van der Waals surface area (Å²) in [4.78, 5) is 0. The molecule has 3 nitrogen and oxygen atoms in total. The molecule has 13 heavy (non-hydrogen) atoms. The van der Waals surface area contributed by atoms with Gasteiger partial charge in [0.2, 0.25) is 10.0 Å². The Bertz CT molecular complexity index is 253. The molecule has 0 aromatic carbocycles. The highest BCUT2D eigenvalue weighted by Crippen LogP contribution is 2.21. The van der Waals surface area contributed by atoms with Crippen molar-refractivity contribution in [2.24, 2.45) is 5.92 Å². The molecule has 0 bridgehead atoms. The third-order valence-corrected chi connectivity index (χ3v) is 4.81. The SMILES string of the molecule is CCC1CCN(S(=O)(=O)CCCl)C1. The topological polar surface area (TPSA) is 37.4 Å². The van der Waals surface area contributed by atoms with Crippen LogP contribution in [-0.4, -0.2) is 37.4 Å². The van der Waals surface area contributed by atoms with Crippen LogP contribution in [0.2, 0.25) is 0 Å². The van der Waals surface area contributed by atoms with Crippen LogP contribution in [0.4, 0.5) is 0 Å². The van der Waals surface area contributed by atoms with Crippen LogP contribution in [0, 0.1) is 5.92 Å². The number of halogens is 1. The highest BCUT2D eigenvalue weighted by molar-refractivity contribution is 7.89. The third-order valence-electron chi connectivity index (χ3n) is 2.55. The molecule has 0 aromatic rings. The molecule has 1 rings (SSSR count). The van der Waals surface area contributed by atoms with Gasteiger partial charge < -0.3 is 0 Å². The van der Waals surface area contributed by atoms with E-state index in [1.807, 2.05) is 0 Å². The minimum absolute atomic E-state index is 0.0744. The summed E-state index contributed by atoms with van der Waals surface area (Å²) in [5.41, 5.74) is 0. The molecule has 1 heterocycles. The maximum Gasteiger partial charge on any atom is 0.215 e. The second-order valence-electron chi connectivity index (χ2n) is 3.43. The minimum atomic E-state index is -3.05. The number of hydrogen-bond acceptors (Lipinski definition) is 2. The monoisotopic (exact) mass is 225 g/mol. The largest absolute Gasteiger partial charge is 0.215 e. The molecule has 1 saturated heterocycles. The Morgan fingerprint density at radius 3 is 2.69 bits per heavy atom. The Morgan fingerprint density at radius 2 is 2.23 bits per heavy atom. The molecule has 0 amide bonds. The van der Waals surface area contributed by atoms with Crippen LogP contribution < -0.4 is 0 Å². The molecule has 5 heteroatoms. The summed E-state index contributed by atoms with van der Waals surface area (Å²) in [6.07, 6.45) is 2.06. The van der Waals surface area contributed by atoms with Crippen molar-refractivity contribution in [1.29, 1.82) is 0 Å². The smallest absolute Gasteiger partial charge is 0.212 e. The van der Waals surface area contributed by atoms with Crippen LogP contribution in [0.3, 0.4) is 0 Å². The fraction of sp³-hybridized carbons (Fsp3) is 1.00. The molecule has 0 radical (unpaired) electrons. The van der Waals surface area contributed by atoms with Gasteiger partial charge in [-0.25, -0.2) is 12.7 Å². The van der Waals surface area contributed by atoms with E-state index in [1.165, 1.54) is 0 Å². The van der Waals surface area contributed by atoms with Gasteiger partial charge in [0.25, 0.3) is 0 Å². The van der Waals surface area contributed by atoms with Crippen molar-refractivity contribution in [2.45, 2.75) is 19.8 Å². The van der Waals surface area contributed by atoms with Gasteiger partial charge in [-0.05, 0) is 12.3 Å². The molecule has 0 spiro atoms. The lowest BCUT2D eigenvalue weighted by Gasteiger charge is -2.14. The van der Waals surface area contributed by atoms with E-state index in [0.29, 0.717) is 19.0 Å². The van der Waals surface area contributed by atoms with E-state index < -0.39 is 10.0 Å². The van der Waals surface area contributed by atoms with Crippen molar-refractivity contribution in [1.82, 2.24) is 4.31 Å². The highest BCUT2D eigenvalue weighted by Gasteiger charge is 2.29. The number of sulfonamides is 1. The van der Waals surface area contributed by atoms with Gasteiger partial charge in [0.15, 0.2) is 0 Å². The van der Waals surface area contributed by atoms with Gasteiger partial charge in [0, 0.05) is 19.0 Å². The molecule has 0 saturated carbocycles. The summed E-state index contributed by atoms with van der Waals surface area (Å²) in [5.74, 6) is 0.811. The van der Waals surface area contributed by atoms with Crippen LogP contribution in [-0.2, 0) is 10.0 Å². The first kappa shape index (κ1) is 11.3. The van der Waals surface area contributed by atoms with E-state index >= 15 is 0 Å². The fourth-order valence-corrected chi connectivity index (χ4v) is 3.47. The zero-order chi connectivity index (χ0) is 9.90. The predicted octanol–water partition coefficient (Wildman–Crippen LogP) is 1.29. The van der Waals surface area contributed by atoms with E-state index in [2.05, 4.69) is 6.92 Å². The second kappa shape index (κ2) is 4.62. The average Bonchev–Trinajstić information content (AvgIpc) is 2.52. The van der Waals surface area contributed by atoms with E-state index in [-0.39, 0.29) is 11.6 Å². The van der Waals surface area contributed by atoms with Crippen LogP contribution >= 0.6 is 11.6 Å². The van der Waals surface area contributed by atoms with E-state index in [9.17, 15) is 8.42 Å². The number of rotatable bonds is 4. The van der Waals surface area contributed by atoms with Crippen molar-refractivity contribution in [3.8, 4) is 0 Å². The number of nitrogens with zero attached hydrogens (tertiary/aromatic N) is 1. The van der Waals surface area contributed by atoms with Gasteiger partial charge in [-0.2, -0.15) is 0 Å². The molecule has 1 unspecified atom stereocenters. The van der Waals surface area contributed by atoms with Crippen molar-refractivity contribution in [3.63, 3.8) is 0 Å². The molecular weight excluding hydrogens is 210 g/mol. The van der Waals surface area contributed by atoms with Crippen LogP contribution in [0.15, 0.2) is 0 Å². The molecule has 0 N–H and O–H groups in total. The number of hydrogen-bond donors (Lipinski definition) is 0. The van der Waals surface area contributed by atoms with Crippen molar-refractivity contribution >= 4 is 21.6 Å². The standard InChI is InChI=1S/C8H16ClNO2S/c1-2-8-3-5-10(7-8)13(11,12)6-4-9/h8H,2-7H2,1H3. The van der Waals surface area contributed by atoms with Crippen LogP contribution in [0.5, 0.6) is 0 Å². The summed E-state index contributed by atoms with van der Waals surface area (Å²) in [7, 11) is -3.05. The van der Waals surface area contributed by atoms with Gasteiger partial charge in [-0.1, -0.05) is 13.3 Å². The van der Waals surface area contributed by atoms with E-state index in [4.69, 9.17) is 11.6 Å². The summed E-state index contributed by atoms with van der Waals surface area (Å²) in [6, 6.07) is 0.